The molecule has 4 nitrogen and oxygen atoms in total. The molecule has 0 radical (unpaired) electrons. The SMILES string of the molecule is COc1cc(OC)cc(-c2ccc(C(=O)O)cc2C)c1. The van der Waals surface area contributed by atoms with Crippen LogP contribution in [0.15, 0.2) is 36.4 Å². The minimum Gasteiger partial charge on any atom is -0.497 e. The van der Waals surface area contributed by atoms with Crippen molar-refractivity contribution in [3.05, 3.63) is 47.5 Å². The van der Waals surface area contributed by atoms with Crippen molar-refractivity contribution in [2.75, 3.05) is 14.2 Å². The maximum atomic E-state index is 11.0. The van der Waals surface area contributed by atoms with E-state index >= 15 is 0 Å². The molecule has 0 spiro atoms. The van der Waals surface area contributed by atoms with E-state index in [9.17, 15) is 4.79 Å². The zero-order valence-corrected chi connectivity index (χ0v) is 11.6. The van der Waals surface area contributed by atoms with Crippen molar-refractivity contribution < 1.29 is 19.4 Å². The Bertz CT molecular complexity index is 625. The van der Waals surface area contributed by atoms with Gasteiger partial charge in [0.1, 0.15) is 11.5 Å². The minimum absolute atomic E-state index is 0.279. The van der Waals surface area contributed by atoms with Crippen LogP contribution in [0, 0.1) is 6.92 Å². The second-order valence-electron chi connectivity index (χ2n) is 4.44. The molecule has 0 heterocycles. The summed E-state index contributed by atoms with van der Waals surface area (Å²) in [6, 6.07) is 10.6. The fourth-order valence-electron chi connectivity index (χ4n) is 2.08. The van der Waals surface area contributed by atoms with E-state index in [0.717, 1.165) is 16.7 Å². The summed E-state index contributed by atoms with van der Waals surface area (Å²) >= 11 is 0. The highest BCUT2D eigenvalue weighted by Crippen LogP contribution is 2.31. The number of carbonyl (C=O) groups is 1. The summed E-state index contributed by atoms with van der Waals surface area (Å²) in [7, 11) is 3.19. The molecule has 2 aromatic rings. The third kappa shape index (κ3) is 2.74. The van der Waals surface area contributed by atoms with E-state index in [1.165, 1.54) is 0 Å². The molecule has 2 aromatic carbocycles. The van der Waals surface area contributed by atoms with Gasteiger partial charge in [-0.05, 0) is 47.9 Å². The highest BCUT2D eigenvalue weighted by Gasteiger charge is 2.09. The lowest BCUT2D eigenvalue weighted by Crippen LogP contribution is -1.97. The van der Waals surface area contributed by atoms with Gasteiger partial charge in [-0.1, -0.05) is 6.07 Å². The highest BCUT2D eigenvalue weighted by atomic mass is 16.5. The Hall–Kier alpha value is -2.49. The molecule has 0 bridgehead atoms. The zero-order valence-electron chi connectivity index (χ0n) is 11.6. The molecule has 2 rings (SSSR count). The van der Waals surface area contributed by atoms with Crippen LogP contribution in [-0.2, 0) is 0 Å². The monoisotopic (exact) mass is 272 g/mol. The van der Waals surface area contributed by atoms with E-state index < -0.39 is 5.97 Å². The van der Waals surface area contributed by atoms with Crippen LogP contribution in [0.4, 0.5) is 0 Å². The summed E-state index contributed by atoms with van der Waals surface area (Å²) in [5.41, 5.74) is 3.05. The molecular weight excluding hydrogens is 256 g/mol. The maximum Gasteiger partial charge on any atom is 0.335 e. The number of rotatable bonds is 4. The lowest BCUT2D eigenvalue weighted by molar-refractivity contribution is 0.0697. The maximum absolute atomic E-state index is 11.0. The summed E-state index contributed by atoms with van der Waals surface area (Å²) in [6.45, 7) is 1.88. The fraction of sp³-hybridized carbons (Fsp3) is 0.188. The zero-order chi connectivity index (χ0) is 14.7. The van der Waals surface area contributed by atoms with Crippen molar-refractivity contribution in [3.63, 3.8) is 0 Å². The molecule has 0 atom stereocenters. The van der Waals surface area contributed by atoms with Crippen molar-refractivity contribution in [2.24, 2.45) is 0 Å². The van der Waals surface area contributed by atoms with E-state index in [-0.39, 0.29) is 5.56 Å². The molecule has 0 aliphatic heterocycles. The Morgan fingerprint density at radius 1 is 1.00 bits per heavy atom. The number of carboxylic acid groups (broad SMARTS) is 1. The number of ether oxygens (including phenoxy) is 2. The first kappa shape index (κ1) is 13.9. The molecular formula is C16H16O4. The predicted octanol–water partition coefficient (Wildman–Crippen LogP) is 3.38. The summed E-state index contributed by atoms with van der Waals surface area (Å²) < 4.78 is 10.5. The molecule has 0 aliphatic carbocycles. The molecule has 4 heteroatoms. The Kier molecular flexibility index (Phi) is 3.94. The molecule has 0 aromatic heterocycles. The highest BCUT2D eigenvalue weighted by molar-refractivity contribution is 5.89. The van der Waals surface area contributed by atoms with Gasteiger partial charge in [0.2, 0.25) is 0 Å². The van der Waals surface area contributed by atoms with Crippen LogP contribution in [0.2, 0.25) is 0 Å². The molecule has 0 fully saturated rings. The summed E-state index contributed by atoms with van der Waals surface area (Å²) in [5.74, 6) is 0.463. The molecule has 0 aliphatic rings. The number of benzene rings is 2. The Morgan fingerprint density at radius 2 is 1.60 bits per heavy atom. The van der Waals surface area contributed by atoms with Gasteiger partial charge in [0.05, 0.1) is 19.8 Å². The number of carboxylic acids is 1. The normalized spacial score (nSPS) is 10.2. The molecule has 0 unspecified atom stereocenters. The second kappa shape index (κ2) is 5.65. The lowest BCUT2D eigenvalue weighted by atomic mass is 9.98. The van der Waals surface area contributed by atoms with Crippen LogP contribution in [0.5, 0.6) is 11.5 Å². The second-order valence-corrected chi connectivity index (χ2v) is 4.44. The van der Waals surface area contributed by atoms with Crippen LogP contribution in [0.3, 0.4) is 0 Å². The van der Waals surface area contributed by atoms with E-state index in [4.69, 9.17) is 14.6 Å². The number of hydrogen-bond donors (Lipinski definition) is 1. The van der Waals surface area contributed by atoms with E-state index in [0.29, 0.717) is 11.5 Å². The topological polar surface area (TPSA) is 55.8 Å². The van der Waals surface area contributed by atoms with Crippen LogP contribution in [0.25, 0.3) is 11.1 Å². The average Bonchev–Trinajstić information content (AvgIpc) is 2.46. The first-order chi connectivity index (χ1) is 9.55. The van der Waals surface area contributed by atoms with Crippen molar-refractivity contribution in [1.82, 2.24) is 0 Å². The first-order valence-corrected chi connectivity index (χ1v) is 6.12. The summed E-state index contributed by atoms with van der Waals surface area (Å²) in [4.78, 5) is 11.0. The standard InChI is InChI=1S/C16H16O4/c1-10-6-11(16(17)18)4-5-15(10)12-7-13(19-2)9-14(8-12)20-3/h4-9H,1-3H3,(H,17,18). The van der Waals surface area contributed by atoms with Gasteiger partial charge in [-0.15, -0.1) is 0 Å². The molecule has 0 saturated heterocycles. The van der Waals surface area contributed by atoms with Gasteiger partial charge in [0.25, 0.3) is 0 Å². The van der Waals surface area contributed by atoms with E-state index in [2.05, 4.69) is 0 Å². The van der Waals surface area contributed by atoms with E-state index in [1.807, 2.05) is 19.1 Å². The smallest absolute Gasteiger partial charge is 0.335 e. The summed E-state index contributed by atoms with van der Waals surface area (Å²) in [5, 5.41) is 9.00. The molecule has 0 saturated carbocycles. The van der Waals surface area contributed by atoms with Crippen LogP contribution in [0.1, 0.15) is 15.9 Å². The summed E-state index contributed by atoms with van der Waals surface area (Å²) in [6.07, 6.45) is 0. The molecule has 1 N–H and O–H groups in total. The average molecular weight is 272 g/mol. The number of aryl methyl sites for hydroxylation is 1. The van der Waals surface area contributed by atoms with Gasteiger partial charge in [-0.25, -0.2) is 4.79 Å². The minimum atomic E-state index is -0.928. The Labute approximate surface area is 117 Å². The fourth-order valence-corrected chi connectivity index (χ4v) is 2.08. The Morgan fingerprint density at radius 3 is 2.05 bits per heavy atom. The first-order valence-electron chi connectivity index (χ1n) is 6.12. The largest absolute Gasteiger partial charge is 0.497 e. The van der Waals surface area contributed by atoms with Crippen molar-refractivity contribution in [2.45, 2.75) is 6.92 Å². The molecule has 104 valence electrons. The van der Waals surface area contributed by atoms with E-state index in [1.54, 1.807) is 38.5 Å². The van der Waals surface area contributed by atoms with Crippen LogP contribution in [-0.4, -0.2) is 25.3 Å². The van der Waals surface area contributed by atoms with Gasteiger partial charge < -0.3 is 14.6 Å². The third-order valence-corrected chi connectivity index (χ3v) is 3.14. The number of aromatic carboxylic acids is 1. The van der Waals surface area contributed by atoms with Gasteiger partial charge in [-0.2, -0.15) is 0 Å². The van der Waals surface area contributed by atoms with Gasteiger partial charge in [0.15, 0.2) is 0 Å². The molecule has 20 heavy (non-hydrogen) atoms. The quantitative estimate of drug-likeness (QED) is 0.927. The Balaban J connectivity index is 2.53. The molecule has 0 amide bonds. The van der Waals surface area contributed by atoms with Gasteiger partial charge >= 0.3 is 5.97 Å². The number of methoxy groups -OCH3 is 2. The third-order valence-electron chi connectivity index (χ3n) is 3.14. The lowest BCUT2D eigenvalue weighted by Gasteiger charge is -2.11. The van der Waals surface area contributed by atoms with Crippen molar-refractivity contribution >= 4 is 5.97 Å². The predicted molar refractivity (Wildman–Crippen MR) is 76.7 cm³/mol. The number of hydrogen-bond acceptors (Lipinski definition) is 3. The van der Waals surface area contributed by atoms with Crippen LogP contribution >= 0.6 is 0 Å². The van der Waals surface area contributed by atoms with Crippen molar-refractivity contribution in [1.29, 1.82) is 0 Å². The van der Waals surface area contributed by atoms with Crippen molar-refractivity contribution in [3.8, 4) is 22.6 Å². The van der Waals surface area contributed by atoms with Gasteiger partial charge in [0, 0.05) is 6.07 Å². The van der Waals surface area contributed by atoms with Gasteiger partial charge in [-0.3, -0.25) is 0 Å². The van der Waals surface area contributed by atoms with Crippen LogP contribution < -0.4 is 9.47 Å².